The van der Waals surface area contributed by atoms with Gasteiger partial charge in [-0.05, 0) is 38.0 Å². The quantitative estimate of drug-likeness (QED) is 0.575. The molecule has 100 valence electrons. The molecule has 0 amide bonds. The summed E-state index contributed by atoms with van der Waals surface area (Å²) in [6.45, 7) is 5.82. The summed E-state index contributed by atoms with van der Waals surface area (Å²) in [5, 5.41) is 10.0. The van der Waals surface area contributed by atoms with E-state index >= 15 is 0 Å². The number of hydrogen-bond acceptors (Lipinski definition) is 3. The molecule has 0 aliphatic heterocycles. The summed E-state index contributed by atoms with van der Waals surface area (Å²) in [6.07, 6.45) is 5.57. The molecule has 0 spiro atoms. The third-order valence-electron chi connectivity index (χ3n) is 3.75. The fraction of sp³-hybridized carbons (Fsp3) is 0.833. The molecule has 0 heterocycles. The molecule has 0 saturated heterocycles. The van der Waals surface area contributed by atoms with Crippen molar-refractivity contribution in [2.75, 3.05) is 0 Å². The molecule has 0 radical (unpaired) electrons. The smallest absolute Gasteiger partial charge is 0.0667 e. The van der Waals surface area contributed by atoms with E-state index in [9.17, 15) is 5.11 Å². The monoisotopic (exact) mass is 278 g/mol. The molecule has 0 aromatic carbocycles. The van der Waals surface area contributed by atoms with Gasteiger partial charge in [-0.15, -0.1) is 6.58 Å². The molecule has 1 saturated carbocycles. The Labute approximate surface area is 109 Å². The topological polar surface area (TPSA) is 38.7 Å². The molecule has 3 nitrogen and oxygen atoms in total. The molecule has 1 fully saturated rings. The first-order valence-corrected chi connectivity index (χ1v) is 7.08. The predicted octanol–water partition coefficient (Wildman–Crippen LogP) is 2.71. The summed E-state index contributed by atoms with van der Waals surface area (Å²) in [6, 6.07) is 0. The number of aliphatic hydroxyl groups is 1. The van der Waals surface area contributed by atoms with Crippen molar-refractivity contribution in [3.05, 3.63) is 12.7 Å². The van der Waals surface area contributed by atoms with Gasteiger partial charge < -0.3 is 14.2 Å². The first-order valence-electron chi connectivity index (χ1n) is 6.14. The van der Waals surface area contributed by atoms with E-state index in [1.807, 2.05) is 6.08 Å². The molecule has 17 heavy (non-hydrogen) atoms. The Morgan fingerprint density at radius 2 is 2.18 bits per heavy atom. The average Bonchev–Trinajstić information content (AvgIpc) is 2.63. The van der Waals surface area contributed by atoms with Crippen LogP contribution in [0, 0.1) is 11.8 Å². The van der Waals surface area contributed by atoms with Crippen molar-refractivity contribution in [1.29, 1.82) is 0 Å². The second kappa shape index (κ2) is 7.81. The SMILES string of the molecule is C=CC[C@@H]1[C@@H](CC[C@@H](C)OP)[C@H](OP)C[C@@H]1O. The van der Waals surface area contributed by atoms with Gasteiger partial charge in [0.1, 0.15) is 0 Å². The van der Waals surface area contributed by atoms with Gasteiger partial charge in [0.25, 0.3) is 0 Å². The zero-order valence-corrected chi connectivity index (χ0v) is 12.7. The molecule has 7 atom stereocenters. The van der Waals surface area contributed by atoms with Crippen LogP contribution in [0.25, 0.3) is 0 Å². The average molecular weight is 278 g/mol. The minimum atomic E-state index is -0.268. The summed E-state index contributed by atoms with van der Waals surface area (Å²) in [5.41, 5.74) is 0. The lowest BCUT2D eigenvalue weighted by molar-refractivity contribution is 0.111. The second-order valence-corrected chi connectivity index (χ2v) is 5.40. The molecule has 5 heteroatoms. The highest BCUT2D eigenvalue weighted by Crippen LogP contribution is 2.40. The van der Waals surface area contributed by atoms with Crippen molar-refractivity contribution >= 4 is 18.9 Å². The first kappa shape index (κ1) is 15.5. The Balaban J connectivity index is 2.58. The van der Waals surface area contributed by atoms with Crippen molar-refractivity contribution in [3.63, 3.8) is 0 Å². The van der Waals surface area contributed by atoms with Crippen LogP contribution in [0.5, 0.6) is 0 Å². The van der Waals surface area contributed by atoms with Crippen LogP contribution in [-0.4, -0.2) is 23.4 Å². The highest BCUT2D eigenvalue weighted by molar-refractivity contribution is 7.10. The van der Waals surface area contributed by atoms with E-state index in [4.69, 9.17) is 9.05 Å². The van der Waals surface area contributed by atoms with Crippen LogP contribution >= 0.6 is 18.9 Å². The van der Waals surface area contributed by atoms with E-state index in [0.29, 0.717) is 5.92 Å². The first-order chi connectivity index (χ1) is 8.13. The highest BCUT2D eigenvalue weighted by Gasteiger charge is 2.41. The van der Waals surface area contributed by atoms with Crippen molar-refractivity contribution in [1.82, 2.24) is 0 Å². The van der Waals surface area contributed by atoms with Gasteiger partial charge in [0, 0.05) is 25.4 Å². The fourth-order valence-electron chi connectivity index (χ4n) is 2.72. The van der Waals surface area contributed by atoms with E-state index in [1.165, 1.54) is 0 Å². The molecule has 1 aliphatic rings. The Hall–Kier alpha value is 0.480. The number of allylic oxidation sites excluding steroid dienone is 1. The number of hydrogen-bond donors (Lipinski definition) is 1. The largest absolute Gasteiger partial charge is 0.393 e. The normalized spacial score (nSPS) is 34.8. The summed E-state index contributed by atoms with van der Waals surface area (Å²) in [7, 11) is 4.63. The molecule has 1 N–H and O–H groups in total. The summed E-state index contributed by atoms with van der Waals surface area (Å²) >= 11 is 0. The Morgan fingerprint density at radius 1 is 1.47 bits per heavy atom. The molecule has 0 aromatic rings. The Bertz CT molecular complexity index is 238. The van der Waals surface area contributed by atoms with Crippen LogP contribution in [-0.2, 0) is 9.05 Å². The molecule has 2 unspecified atom stereocenters. The van der Waals surface area contributed by atoms with Gasteiger partial charge in [0.2, 0.25) is 0 Å². The third-order valence-corrected chi connectivity index (χ3v) is 4.56. The van der Waals surface area contributed by atoms with E-state index in [2.05, 4.69) is 32.4 Å². The molecular weight excluding hydrogens is 254 g/mol. The molecule has 0 aromatic heterocycles. The lowest BCUT2D eigenvalue weighted by atomic mass is 9.86. The Morgan fingerprint density at radius 3 is 2.71 bits per heavy atom. The van der Waals surface area contributed by atoms with Crippen molar-refractivity contribution in [2.45, 2.75) is 50.9 Å². The van der Waals surface area contributed by atoms with Gasteiger partial charge in [0.15, 0.2) is 0 Å². The van der Waals surface area contributed by atoms with Gasteiger partial charge in [-0.25, -0.2) is 0 Å². The van der Waals surface area contributed by atoms with Gasteiger partial charge in [-0.1, -0.05) is 6.08 Å². The standard InChI is InChI=1S/C12H24O3P2/c1-3-4-9-10(6-5-8(2)14-16)12(15-17)7-11(9)13/h3,8-13H,1,4-7,16-17H2,2H3/t8-,9-,10-,11+,12-/m1/s1. The van der Waals surface area contributed by atoms with Crippen LogP contribution in [0.3, 0.4) is 0 Å². The van der Waals surface area contributed by atoms with E-state index < -0.39 is 0 Å². The van der Waals surface area contributed by atoms with Gasteiger partial charge in [-0.3, -0.25) is 0 Å². The summed E-state index contributed by atoms with van der Waals surface area (Å²) < 4.78 is 10.6. The van der Waals surface area contributed by atoms with Crippen LogP contribution in [0.2, 0.25) is 0 Å². The molecule has 1 aliphatic carbocycles. The van der Waals surface area contributed by atoms with Gasteiger partial charge in [-0.2, -0.15) is 0 Å². The zero-order chi connectivity index (χ0) is 12.8. The third kappa shape index (κ3) is 4.26. The van der Waals surface area contributed by atoms with E-state index in [-0.39, 0.29) is 24.2 Å². The highest BCUT2D eigenvalue weighted by atomic mass is 31.0. The molecule has 0 bridgehead atoms. The fourth-order valence-corrected chi connectivity index (χ4v) is 3.17. The number of aliphatic hydroxyl groups excluding tert-OH is 1. The molecular formula is C12H24O3P2. The summed E-state index contributed by atoms with van der Waals surface area (Å²) in [4.78, 5) is 0. The predicted molar refractivity (Wildman–Crippen MR) is 76.5 cm³/mol. The maximum absolute atomic E-state index is 10.0. The maximum atomic E-state index is 10.0. The van der Waals surface area contributed by atoms with Crippen molar-refractivity contribution in [2.24, 2.45) is 11.8 Å². The summed E-state index contributed by atoms with van der Waals surface area (Å²) in [5.74, 6) is 0.665. The van der Waals surface area contributed by atoms with Gasteiger partial charge in [0.05, 0.1) is 18.3 Å². The Kier molecular flexibility index (Phi) is 7.14. The van der Waals surface area contributed by atoms with Crippen LogP contribution < -0.4 is 0 Å². The minimum Gasteiger partial charge on any atom is -0.393 e. The van der Waals surface area contributed by atoms with Crippen LogP contribution in [0.4, 0.5) is 0 Å². The number of rotatable bonds is 7. The van der Waals surface area contributed by atoms with E-state index in [0.717, 1.165) is 25.7 Å². The molecule has 1 rings (SSSR count). The second-order valence-electron chi connectivity index (χ2n) is 4.85. The van der Waals surface area contributed by atoms with Crippen LogP contribution in [0.15, 0.2) is 12.7 Å². The van der Waals surface area contributed by atoms with Crippen molar-refractivity contribution < 1.29 is 14.2 Å². The van der Waals surface area contributed by atoms with E-state index in [1.54, 1.807) is 0 Å². The van der Waals surface area contributed by atoms with Crippen LogP contribution in [0.1, 0.15) is 32.6 Å². The lowest BCUT2D eigenvalue weighted by Crippen LogP contribution is -2.23. The zero-order valence-electron chi connectivity index (χ0n) is 10.4. The van der Waals surface area contributed by atoms with Gasteiger partial charge >= 0.3 is 0 Å². The maximum Gasteiger partial charge on any atom is 0.0667 e. The lowest BCUT2D eigenvalue weighted by Gasteiger charge is -2.24. The van der Waals surface area contributed by atoms with Crippen molar-refractivity contribution in [3.8, 4) is 0 Å². The minimum absolute atomic E-state index is 0.136.